The van der Waals surface area contributed by atoms with Gasteiger partial charge < -0.3 is 9.84 Å². The normalized spacial score (nSPS) is 12.4. The molecule has 1 aromatic heterocycles. The number of halogens is 1. The number of likely N-dealkylation sites (N-methyl/N-ethyl adjacent to an activating group) is 1. The van der Waals surface area contributed by atoms with E-state index in [-0.39, 0.29) is 11.9 Å². The summed E-state index contributed by atoms with van der Waals surface area (Å²) in [5.74, 6) is 1.04. The fourth-order valence-electron chi connectivity index (χ4n) is 1.86. The molecule has 118 valence electrons. The summed E-state index contributed by atoms with van der Waals surface area (Å²) in [6.07, 6.45) is 0.720. The van der Waals surface area contributed by atoms with Crippen molar-refractivity contribution < 1.29 is 9.32 Å². The van der Waals surface area contributed by atoms with E-state index in [4.69, 9.17) is 16.1 Å². The first-order valence-corrected chi connectivity index (χ1v) is 7.45. The van der Waals surface area contributed by atoms with Gasteiger partial charge in [-0.15, -0.1) is 0 Å². The fraction of sp³-hybridized carbons (Fsp3) is 0.400. The molecule has 0 radical (unpaired) electrons. The van der Waals surface area contributed by atoms with Gasteiger partial charge in [0.2, 0.25) is 11.8 Å². The van der Waals surface area contributed by atoms with Crippen LogP contribution in [0.4, 0.5) is 5.69 Å². The summed E-state index contributed by atoms with van der Waals surface area (Å²) in [6, 6.07) is 6.70. The highest BCUT2D eigenvalue weighted by Crippen LogP contribution is 2.15. The molecule has 6 nitrogen and oxygen atoms in total. The molecule has 22 heavy (non-hydrogen) atoms. The minimum atomic E-state index is -0.351. The molecule has 1 N–H and O–H groups in total. The second-order valence-corrected chi connectivity index (χ2v) is 5.49. The third kappa shape index (κ3) is 4.29. The second-order valence-electron chi connectivity index (χ2n) is 5.05. The van der Waals surface area contributed by atoms with E-state index in [9.17, 15) is 4.79 Å². The Hall–Kier alpha value is -1.92. The van der Waals surface area contributed by atoms with Crippen molar-refractivity contribution in [1.29, 1.82) is 0 Å². The molecular formula is C15H19ClN4O2. The van der Waals surface area contributed by atoms with Gasteiger partial charge in [-0.05, 0) is 32.2 Å². The molecule has 0 aliphatic heterocycles. The summed E-state index contributed by atoms with van der Waals surface area (Å²) < 4.78 is 5.14. The molecule has 7 heteroatoms. The first kappa shape index (κ1) is 16.5. The highest BCUT2D eigenvalue weighted by Gasteiger charge is 2.20. The predicted octanol–water partition coefficient (Wildman–Crippen LogP) is 2.74. The average Bonchev–Trinajstić information content (AvgIpc) is 2.94. The van der Waals surface area contributed by atoms with Crippen molar-refractivity contribution in [3.05, 3.63) is 41.0 Å². The first-order valence-electron chi connectivity index (χ1n) is 7.07. The Morgan fingerprint density at radius 2 is 2.27 bits per heavy atom. The maximum absolute atomic E-state index is 12.3. The smallest absolute Gasteiger partial charge is 0.241 e. The number of aryl methyl sites for hydroxylation is 1. The van der Waals surface area contributed by atoms with Crippen molar-refractivity contribution in [3.8, 4) is 0 Å². The predicted molar refractivity (Wildman–Crippen MR) is 84.7 cm³/mol. The van der Waals surface area contributed by atoms with Crippen LogP contribution in [0.15, 0.2) is 28.8 Å². The molecule has 0 unspecified atom stereocenters. The number of amides is 1. The van der Waals surface area contributed by atoms with Gasteiger partial charge in [0, 0.05) is 17.1 Å². The summed E-state index contributed by atoms with van der Waals surface area (Å²) in [4.78, 5) is 18.3. The molecule has 0 saturated heterocycles. The van der Waals surface area contributed by atoms with E-state index in [1.807, 2.05) is 25.8 Å². The largest absolute Gasteiger partial charge is 0.338 e. The zero-order chi connectivity index (χ0) is 16.1. The van der Waals surface area contributed by atoms with E-state index in [0.717, 1.165) is 6.42 Å². The molecule has 0 aliphatic carbocycles. The number of nitrogens with one attached hydrogen (secondary N) is 1. The number of hydrogen-bond donors (Lipinski definition) is 1. The Kier molecular flexibility index (Phi) is 5.51. The van der Waals surface area contributed by atoms with Gasteiger partial charge >= 0.3 is 0 Å². The molecule has 1 heterocycles. The first-order chi connectivity index (χ1) is 10.5. The van der Waals surface area contributed by atoms with Crippen molar-refractivity contribution in [3.63, 3.8) is 0 Å². The van der Waals surface area contributed by atoms with Crippen LogP contribution in [0.2, 0.25) is 5.02 Å². The van der Waals surface area contributed by atoms with Crippen LogP contribution >= 0.6 is 11.6 Å². The van der Waals surface area contributed by atoms with Crippen LogP contribution in [-0.4, -0.2) is 34.0 Å². The number of benzene rings is 1. The summed E-state index contributed by atoms with van der Waals surface area (Å²) in [5, 5.41) is 7.26. The Morgan fingerprint density at radius 1 is 1.50 bits per heavy atom. The van der Waals surface area contributed by atoms with Crippen molar-refractivity contribution in [1.82, 2.24) is 15.0 Å². The van der Waals surface area contributed by atoms with E-state index in [2.05, 4.69) is 15.5 Å². The molecule has 0 spiro atoms. The van der Waals surface area contributed by atoms with Crippen LogP contribution < -0.4 is 5.32 Å². The van der Waals surface area contributed by atoms with Crippen molar-refractivity contribution in [2.75, 3.05) is 12.4 Å². The molecule has 2 rings (SSSR count). The monoisotopic (exact) mass is 322 g/mol. The van der Waals surface area contributed by atoms with Crippen molar-refractivity contribution in [2.24, 2.45) is 0 Å². The Bertz CT molecular complexity index is 644. The van der Waals surface area contributed by atoms with Gasteiger partial charge in [0.1, 0.15) is 0 Å². The SMILES string of the molecule is CCc1noc(CN(C)[C@@H](C)C(=O)Nc2cccc(Cl)c2)n1. The van der Waals surface area contributed by atoms with Gasteiger partial charge in [-0.1, -0.05) is 29.7 Å². The number of rotatable bonds is 6. The molecule has 1 aromatic carbocycles. The lowest BCUT2D eigenvalue weighted by Crippen LogP contribution is -2.39. The molecule has 0 saturated carbocycles. The topological polar surface area (TPSA) is 71.3 Å². The highest BCUT2D eigenvalue weighted by molar-refractivity contribution is 6.30. The lowest BCUT2D eigenvalue weighted by molar-refractivity contribution is -0.120. The molecule has 0 aliphatic rings. The Balaban J connectivity index is 1.94. The Labute approximate surface area is 134 Å². The van der Waals surface area contributed by atoms with Crippen LogP contribution in [-0.2, 0) is 17.8 Å². The zero-order valence-electron chi connectivity index (χ0n) is 12.8. The minimum absolute atomic E-state index is 0.125. The second kappa shape index (κ2) is 7.38. The van der Waals surface area contributed by atoms with Crippen molar-refractivity contribution >= 4 is 23.2 Å². The fourth-order valence-corrected chi connectivity index (χ4v) is 2.05. The van der Waals surface area contributed by atoms with Crippen LogP contribution in [0.1, 0.15) is 25.6 Å². The molecule has 1 atom stereocenters. The van der Waals surface area contributed by atoms with Gasteiger partial charge in [0.25, 0.3) is 0 Å². The maximum Gasteiger partial charge on any atom is 0.241 e. The van der Waals surface area contributed by atoms with Crippen LogP contribution in [0.5, 0.6) is 0 Å². The maximum atomic E-state index is 12.3. The van der Waals surface area contributed by atoms with Crippen LogP contribution in [0.25, 0.3) is 0 Å². The van der Waals surface area contributed by atoms with Crippen molar-refractivity contribution in [2.45, 2.75) is 32.9 Å². The minimum Gasteiger partial charge on any atom is -0.338 e. The van der Waals surface area contributed by atoms with E-state index in [0.29, 0.717) is 29.0 Å². The lowest BCUT2D eigenvalue weighted by Gasteiger charge is -2.22. The molecule has 0 bridgehead atoms. The standard InChI is InChI=1S/C15H19ClN4O2/c1-4-13-18-14(22-19-13)9-20(3)10(2)15(21)17-12-7-5-6-11(16)8-12/h5-8,10H,4,9H2,1-3H3,(H,17,21)/t10-/m0/s1. The third-order valence-corrected chi connectivity index (χ3v) is 3.58. The molecule has 1 amide bonds. The number of aromatic nitrogens is 2. The number of carbonyl (C=O) groups is 1. The van der Waals surface area contributed by atoms with Gasteiger partial charge in [0.05, 0.1) is 12.6 Å². The lowest BCUT2D eigenvalue weighted by atomic mass is 10.2. The van der Waals surface area contributed by atoms with Crippen LogP contribution in [0.3, 0.4) is 0 Å². The van der Waals surface area contributed by atoms with Gasteiger partial charge in [-0.25, -0.2) is 0 Å². The van der Waals surface area contributed by atoms with Gasteiger partial charge in [-0.3, -0.25) is 9.69 Å². The zero-order valence-corrected chi connectivity index (χ0v) is 13.6. The Morgan fingerprint density at radius 3 is 2.91 bits per heavy atom. The summed E-state index contributed by atoms with van der Waals surface area (Å²) >= 11 is 5.90. The molecule has 0 fully saturated rings. The summed E-state index contributed by atoms with van der Waals surface area (Å²) in [7, 11) is 1.83. The molecule has 2 aromatic rings. The van der Waals surface area contributed by atoms with E-state index in [1.165, 1.54) is 0 Å². The number of carbonyl (C=O) groups excluding carboxylic acids is 1. The highest BCUT2D eigenvalue weighted by atomic mass is 35.5. The van der Waals surface area contributed by atoms with Crippen LogP contribution in [0, 0.1) is 0 Å². The van der Waals surface area contributed by atoms with E-state index in [1.54, 1.807) is 24.3 Å². The third-order valence-electron chi connectivity index (χ3n) is 3.34. The summed E-state index contributed by atoms with van der Waals surface area (Å²) in [5.41, 5.74) is 0.670. The van der Waals surface area contributed by atoms with Gasteiger partial charge in [-0.2, -0.15) is 4.98 Å². The molecular weight excluding hydrogens is 304 g/mol. The quantitative estimate of drug-likeness (QED) is 0.885. The number of anilines is 1. The number of hydrogen-bond acceptors (Lipinski definition) is 5. The average molecular weight is 323 g/mol. The number of nitrogens with zero attached hydrogens (tertiary/aromatic N) is 3. The van der Waals surface area contributed by atoms with E-state index < -0.39 is 0 Å². The summed E-state index contributed by atoms with van der Waals surface area (Å²) in [6.45, 7) is 4.19. The van der Waals surface area contributed by atoms with Gasteiger partial charge in [0.15, 0.2) is 5.82 Å². The van der Waals surface area contributed by atoms with E-state index >= 15 is 0 Å².